The maximum atomic E-state index is 13.1. The number of ketones is 1. The summed E-state index contributed by atoms with van der Waals surface area (Å²) in [6, 6.07) is 0. The SMILES string of the molecule is CCCCSC1=C(C)CC(C)(C)C(=CC2CCCCC2)C1=O. The average molecular weight is 321 g/mol. The third-order valence-corrected chi connectivity index (χ3v) is 6.39. The van der Waals surface area contributed by atoms with E-state index in [1.54, 1.807) is 11.8 Å². The third kappa shape index (κ3) is 4.28. The number of carbonyl (C=O) groups excluding carboxylic acids is 1. The largest absolute Gasteiger partial charge is 0.288 e. The van der Waals surface area contributed by atoms with E-state index in [9.17, 15) is 4.79 Å². The van der Waals surface area contributed by atoms with Gasteiger partial charge in [0.1, 0.15) is 0 Å². The highest BCUT2D eigenvalue weighted by Crippen LogP contribution is 2.45. The number of hydrogen-bond acceptors (Lipinski definition) is 2. The van der Waals surface area contributed by atoms with Crippen LogP contribution in [-0.2, 0) is 4.79 Å². The molecular weight excluding hydrogens is 288 g/mol. The lowest BCUT2D eigenvalue weighted by atomic mass is 9.71. The Bertz CT molecular complexity index is 464. The minimum Gasteiger partial charge on any atom is -0.288 e. The molecule has 0 unspecified atom stereocenters. The predicted molar refractivity (Wildman–Crippen MR) is 98.1 cm³/mol. The smallest absolute Gasteiger partial charge is 0.195 e. The second-order valence-corrected chi connectivity index (χ2v) is 8.78. The minimum atomic E-state index is 0.00737. The molecule has 2 aliphatic rings. The first-order valence-electron chi connectivity index (χ1n) is 9.05. The second kappa shape index (κ2) is 7.86. The molecule has 22 heavy (non-hydrogen) atoms. The topological polar surface area (TPSA) is 17.1 Å². The minimum absolute atomic E-state index is 0.00737. The summed E-state index contributed by atoms with van der Waals surface area (Å²) < 4.78 is 0. The number of allylic oxidation sites excluding steroid dienone is 4. The summed E-state index contributed by atoms with van der Waals surface area (Å²) in [7, 11) is 0. The van der Waals surface area contributed by atoms with Gasteiger partial charge in [0.15, 0.2) is 5.78 Å². The normalized spacial score (nSPS) is 25.1. The van der Waals surface area contributed by atoms with Gasteiger partial charge >= 0.3 is 0 Å². The molecule has 2 rings (SSSR count). The van der Waals surface area contributed by atoms with Crippen LogP contribution in [0.3, 0.4) is 0 Å². The van der Waals surface area contributed by atoms with Crippen LogP contribution in [0.1, 0.15) is 79.1 Å². The summed E-state index contributed by atoms with van der Waals surface area (Å²) in [5.41, 5.74) is 2.41. The monoisotopic (exact) mass is 320 g/mol. The second-order valence-electron chi connectivity index (χ2n) is 7.68. The summed E-state index contributed by atoms with van der Waals surface area (Å²) in [6.45, 7) is 8.86. The van der Waals surface area contributed by atoms with Crippen molar-refractivity contribution in [2.45, 2.75) is 79.1 Å². The van der Waals surface area contributed by atoms with Crippen molar-refractivity contribution in [1.82, 2.24) is 0 Å². The van der Waals surface area contributed by atoms with Gasteiger partial charge in [0.2, 0.25) is 0 Å². The molecule has 1 fully saturated rings. The number of unbranched alkanes of at least 4 members (excludes halogenated alkanes) is 1. The van der Waals surface area contributed by atoms with Gasteiger partial charge in [0.25, 0.3) is 0 Å². The molecule has 0 radical (unpaired) electrons. The number of rotatable bonds is 5. The zero-order chi connectivity index (χ0) is 16.2. The highest BCUT2D eigenvalue weighted by molar-refractivity contribution is 8.04. The van der Waals surface area contributed by atoms with Crippen molar-refractivity contribution in [3.05, 3.63) is 22.1 Å². The van der Waals surface area contributed by atoms with Crippen LogP contribution in [0.4, 0.5) is 0 Å². The average Bonchev–Trinajstić information content (AvgIpc) is 2.48. The van der Waals surface area contributed by atoms with Gasteiger partial charge in [-0.05, 0) is 49.7 Å². The molecule has 0 aromatic rings. The van der Waals surface area contributed by atoms with Gasteiger partial charge in [-0.25, -0.2) is 0 Å². The fourth-order valence-corrected chi connectivity index (χ4v) is 5.00. The van der Waals surface area contributed by atoms with Crippen molar-refractivity contribution in [3.63, 3.8) is 0 Å². The van der Waals surface area contributed by atoms with Crippen LogP contribution in [0.5, 0.6) is 0 Å². The van der Waals surface area contributed by atoms with Crippen LogP contribution < -0.4 is 0 Å². The lowest BCUT2D eigenvalue weighted by Crippen LogP contribution is -2.29. The summed E-state index contributed by atoms with van der Waals surface area (Å²) in [5.74, 6) is 2.04. The Hall–Kier alpha value is -0.500. The van der Waals surface area contributed by atoms with E-state index in [-0.39, 0.29) is 5.41 Å². The van der Waals surface area contributed by atoms with Gasteiger partial charge < -0.3 is 0 Å². The molecule has 0 bridgehead atoms. The molecule has 2 heteroatoms. The van der Waals surface area contributed by atoms with Crippen LogP contribution in [0.15, 0.2) is 22.1 Å². The Morgan fingerprint density at radius 1 is 1.23 bits per heavy atom. The lowest BCUT2D eigenvalue weighted by molar-refractivity contribution is -0.113. The molecule has 0 heterocycles. The van der Waals surface area contributed by atoms with Crippen LogP contribution in [0.2, 0.25) is 0 Å². The highest BCUT2D eigenvalue weighted by atomic mass is 32.2. The van der Waals surface area contributed by atoms with Gasteiger partial charge in [0, 0.05) is 5.57 Å². The van der Waals surface area contributed by atoms with Crippen molar-refractivity contribution < 1.29 is 4.79 Å². The molecule has 0 N–H and O–H groups in total. The van der Waals surface area contributed by atoms with Crippen LogP contribution in [-0.4, -0.2) is 11.5 Å². The standard InChI is InChI=1S/C20H32OS/c1-5-6-12-22-19-15(2)14-20(3,4)17(18(19)21)13-16-10-8-7-9-11-16/h13,16H,5-12,14H2,1-4H3. The fourth-order valence-electron chi connectivity index (χ4n) is 3.81. The molecule has 124 valence electrons. The Morgan fingerprint density at radius 2 is 1.91 bits per heavy atom. The summed E-state index contributed by atoms with van der Waals surface area (Å²) in [5, 5.41) is 0. The molecule has 1 nitrogen and oxygen atoms in total. The maximum Gasteiger partial charge on any atom is 0.195 e. The number of Topliss-reactive ketones (excluding diaryl/α,β-unsaturated/α-hetero) is 1. The van der Waals surface area contributed by atoms with E-state index in [1.807, 2.05) is 0 Å². The van der Waals surface area contributed by atoms with E-state index in [2.05, 4.69) is 33.8 Å². The first-order valence-corrected chi connectivity index (χ1v) is 10.0. The van der Waals surface area contributed by atoms with E-state index in [1.165, 1.54) is 50.5 Å². The summed E-state index contributed by atoms with van der Waals surface area (Å²) in [4.78, 5) is 14.1. The Kier molecular flexibility index (Phi) is 6.37. The predicted octanol–water partition coefficient (Wildman–Crippen LogP) is 6.30. The van der Waals surface area contributed by atoms with Crippen LogP contribution in [0, 0.1) is 11.3 Å². The van der Waals surface area contributed by atoms with Gasteiger partial charge in [-0.1, -0.05) is 58.1 Å². The first kappa shape index (κ1) is 17.8. The van der Waals surface area contributed by atoms with Gasteiger partial charge in [0.05, 0.1) is 4.91 Å². The Balaban J connectivity index is 2.21. The quantitative estimate of drug-likeness (QED) is 0.437. The molecule has 0 spiro atoms. The van der Waals surface area contributed by atoms with Crippen molar-refractivity contribution in [2.75, 3.05) is 5.75 Å². The number of carbonyl (C=O) groups is 1. The molecule has 0 aromatic carbocycles. The molecule has 0 aliphatic heterocycles. The molecular formula is C20H32OS. The van der Waals surface area contributed by atoms with Crippen LogP contribution >= 0.6 is 11.8 Å². The maximum absolute atomic E-state index is 13.1. The molecule has 0 saturated heterocycles. The van der Waals surface area contributed by atoms with Gasteiger partial charge in [-0.2, -0.15) is 0 Å². The molecule has 0 amide bonds. The highest BCUT2D eigenvalue weighted by Gasteiger charge is 2.36. The number of hydrogen-bond donors (Lipinski definition) is 0. The van der Waals surface area contributed by atoms with E-state index in [4.69, 9.17) is 0 Å². The Labute approximate surface area is 141 Å². The van der Waals surface area contributed by atoms with Crippen LogP contribution in [0.25, 0.3) is 0 Å². The molecule has 1 saturated carbocycles. The molecule has 2 aliphatic carbocycles. The van der Waals surface area contributed by atoms with E-state index in [0.29, 0.717) is 11.7 Å². The summed E-state index contributed by atoms with van der Waals surface area (Å²) >= 11 is 1.79. The van der Waals surface area contributed by atoms with E-state index >= 15 is 0 Å². The zero-order valence-corrected chi connectivity index (χ0v) is 15.7. The third-order valence-electron chi connectivity index (χ3n) is 5.07. The van der Waals surface area contributed by atoms with E-state index < -0.39 is 0 Å². The fraction of sp³-hybridized carbons (Fsp3) is 0.750. The van der Waals surface area contributed by atoms with Crippen molar-refractivity contribution >= 4 is 17.5 Å². The number of thioether (sulfide) groups is 1. The lowest BCUT2D eigenvalue weighted by Gasteiger charge is -2.35. The van der Waals surface area contributed by atoms with Crippen molar-refractivity contribution in [3.8, 4) is 0 Å². The van der Waals surface area contributed by atoms with Gasteiger partial charge in [-0.3, -0.25) is 4.79 Å². The zero-order valence-electron chi connectivity index (χ0n) is 14.8. The van der Waals surface area contributed by atoms with Crippen molar-refractivity contribution in [1.29, 1.82) is 0 Å². The van der Waals surface area contributed by atoms with E-state index in [0.717, 1.165) is 22.7 Å². The molecule has 0 aromatic heterocycles. The molecule has 0 atom stereocenters. The van der Waals surface area contributed by atoms with Crippen molar-refractivity contribution in [2.24, 2.45) is 11.3 Å². The Morgan fingerprint density at radius 3 is 2.55 bits per heavy atom. The summed E-state index contributed by atoms with van der Waals surface area (Å²) in [6.07, 6.45) is 12.4. The van der Waals surface area contributed by atoms with Gasteiger partial charge in [-0.15, -0.1) is 11.8 Å². The first-order chi connectivity index (χ1) is 10.5.